The average molecular weight is 314 g/mol. The molecule has 126 valence electrons. The molecule has 2 rings (SSSR count). The van der Waals surface area contributed by atoms with Gasteiger partial charge in [-0.25, -0.2) is 4.57 Å². The van der Waals surface area contributed by atoms with Crippen LogP contribution in [0.1, 0.15) is 71.0 Å². The summed E-state index contributed by atoms with van der Waals surface area (Å²) in [6.07, 6.45) is 16.6. The maximum Gasteiger partial charge on any atom is 0.261 e. The van der Waals surface area contributed by atoms with Crippen molar-refractivity contribution >= 4 is 0 Å². The first-order valence-corrected chi connectivity index (χ1v) is 9.52. The molecule has 2 nitrogen and oxygen atoms in total. The quantitative estimate of drug-likeness (QED) is 0.384. The number of aromatic nitrogens is 2. The highest BCUT2D eigenvalue weighted by Crippen LogP contribution is 2.11. The normalized spacial score (nSPS) is 11.0. The molecule has 0 aliphatic heterocycles. The molecule has 0 saturated carbocycles. The van der Waals surface area contributed by atoms with Crippen LogP contribution in [0.15, 0.2) is 42.7 Å². The van der Waals surface area contributed by atoms with Crippen LogP contribution in [0.2, 0.25) is 0 Å². The molecule has 0 N–H and O–H groups in total. The number of hydrogen-bond donors (Lipinski definition) is 0. The Hall–Kier alpha value is -1.57. The van der Waals surface area contributed by atoms with Crippen molar-refractivity contribution in [3.8, 4) is 5.69 Å². The Bertz CT molecular complexity index is 542. The van der Waals surface area contributed by atoms with Crippen molar-refractivity contribution in [2.75, 3.05) is 0 Å². The second-order valence-electron chi connectivity index (χ2n) is 6.44. The van der Waals surface area contributed by atoms with E-state index in [9.17, 15) is 0 Å². The molecule has 2 aromatic rings. The van der Waals surface area contributed by atoms with Gasteiger partial charge in [0.05, 0.1) is 6.54 Å². The number of para-hydroxylation sites is 1. The second-order valence-corrected chi connectivity index (χ2v) is 6.44. The molecule has 0 amide bonds. The highest BCUT2D eigenvalue weighted by atomic mass is 15.1. The van der Waals surface area contributed by atoms with E-state index in [0.717, 1.165) is 13.0 Å². The minimum absolute atomic E-state index is 1.07. The van der Waals surface area contributed by atoms with Gasteiger partial charge in [0.15, 0.2) is 0 Å². The first-order valence-electron chi connectivity index (χ1n) is 9.52. The molecule has 1 aromatic heterocycles. The van der Waals surface area contributed by atoms with Crippen LogP contribution in [-0.4, -0.2) is 4.57 Å². The van der Waals surface area contributed by atoms with Crippen LogP contribution in [0.25, 0.3) is 5.69 Å². The summed E-state index contributed by atoms with van der Waals surface area (Å²) in [7, 11) is 0. The van der Waals surface area contributed by atoms with E-state index >= 15 is 0 Å². The highest BCUT2D eigenvalue weighted by molar-refractivity contribution is 5.31. The van der Waals surface area contributed by atoms with Crippen molar-refractivity contribution < 1.29 is 4.57 Å². The SMILES string of the molecule is CCCCCCCCCC[n+]1ccn(-c2ccccc2)c1CC. The summed E-state index contributed by atoms with van der Waals surface area (Å²) < 4.78 is 4.76. The zero-order valence-corrected chi connectivity index (χ0v) is 15.0. The summed E-state index contributed by atoms with van der Waals surface area (Å²) in [4.78, 5) is 0. The Kier molecular flexibility index (Phi) is 7.92. The lowest BCUT2D eigenvalue weighted by atomic mass is 10.1. The van der Waals surface area contributed by atoms with Gasteiger partial charge in [0, 0.05) is 6.42 Å². The molecule has 1 heterocycles. The molecule has 2 heteroatoms. The number of benzene rings is 1. The predicted molar refractivity (Wildman–Crippen MR) is 98.0 cm³/mol. The summed E-state index contributed by atoms with van der Waals surface area (Å²) in [5.74, 6) is 1.40. The van der Waals surface area contributed by atoms with Gasteiger partial charge in [-0.3, -0.25) is 0 Å². The van der Waals surface area contributed by atoms with Crippen molar-refractivity contribution in [3.05, 3.63) is 48.5 Å². The summed E-state index contributed by atoms with van der Waals surface area (Å²) in [6, 6.07) is 10.7. The Balaban J connectivity index is 1.79. The minimum atomic E-state index is 1.07. The molecule has 23 heavy (non-hydrogen) atoms. The van der Waals surface area contributed by atoms with E-state index in [2.05, 4.69) is 65.7 Å². The predicted octanol–water partition coefficient (Wildman–Crippen LogP) is 5.47. The first-order chi connectivity index (χ1) is 11.4. The summed E-state index contributed by atoms with van der Waals surface area (Å²) >= 11 is 0. The van der Waals surface area contributed by atoms with E-state index in [1.165, 1.54) is 62.9 Å². The molecule has 1 aromatic carbocycles. The van der Waals surface area contributed by atoms with Crippen molar-refractivity contribution in [1.82, 2.24) is 4.57 Å². The molecular formula is C21H33N2+. The van der Waals surface area contributed by atoms with Gasteiger partial charge >= 0.3 is 0 Å². The zero-order valence-electron chi connectivity index (χ0n) is 15.0. The third-order valence-electron chi connectivity index (χ3n) is 4.61. The fourth-order valence-corrected chi connectivity index (χ4v) is 3.27. The third-order valence-corrected chi connectivity index (χ3v) is 4.61. The first kappa shape index (κ1) is 17.8. The van der Waals surface area contributed by atoms with Crippen LogP contribution >= 0.6 is 0 Å². The van der Waals surface area contributed by atoms with E-state index in [-0.39, 0.29) is 0 Å². The Morgan fingerprint density at radius 2 is 1.48 bits per heavy atom. The fraction of sp³-hybridized carbons (Fsp3) is 0.571. The van der Waals surface area contributed by atoms with E-state index in [1.54, 1.807) is 0 Å². The van der Waals surface area contributed by atoms with Crippen LogP contribution in [-0.2, 0) is 13.0 Å². The van der Waals surface area contributed by atoms with Gasteiger partial charge in [0.2, 0.25) is 0 Å². The van der Waals surface area contributed by atoms with E-state index in [4.69, 9.17) is 0 Å². The van der Waals surface area contributed by atoms with Crippen molar-refractivity contribution in [2.24, 2.45) is 0 Å². The van der Waals surface area contributed by atoms with Gasteiger partial charge in [-0.2, -0.15) is 4.57 Å². The summed E-state index contributed by atoms with van der Waals surface area (Å²) in [5.41, 5.74) is 1.26. The molecule has 0 spiro atoms. The fourth-order valence-electron chi connectivity index (χ4n) is 3.27. The highest BCUT2D eigenvalue weighted by Gasteiger charge is 2.16. The van der Waals surface area contributed by atoms with Crippen LogP contribution in [0, 0.1) is 0 Å². The maximum atomic E-state index is 2.43. The maximum absolute atomic E-state index is 2.43. The third kappa shape index (κ3) is 5.53. The zero-order chi connectivity index (χ0) is 16.3. The molecule has 0 aliphatic rings. The number of nitrogens with zero attached hydrogens (tertiary/aromatic N) is 2. The lowest BCUT2D eigenvalue weighted by Crippen LogP contribution is -2.36. The van der Waals surface area contributed by atoms with Crippen molar-refractivity contribution in [1.29, 1.82) is 0 Å². The van der Waals surface area contributed by atoms with Crippen LogP contribution < -0.4 is 4.57 Å². The number of aryl methyl sites for hydroxylation is 1. The summed E-state index contributed by atoms with van der Waals surface area (Å²) in [5, 5.41) is 0. The number of hydrogen-bond acceptors (Lipinski definition) is 0. The standard InChI is InChI=1S/C21H33N2/c1-3-5-6-7-8-9-10-14-17-22-18-19-23(21(22)4-2)20-15-12-11-13-16-20/h11-13,15-16,18-19H,3-10,14,17H2,1-2H3/q+1. The van der Waals surface area contributed by atoms with Crippen LogP contribution in [0.3, 0.4) is 0 Å². The van der Waals surface area contributed by atoms with Crippen LogP contribution in [0.5, 0.6) is 0 Å². The van der Waals surface area contributed by atoms with Gasteiger partial charge in [-0.15, -0.1) is 0 Å². The second kappa shape index (κ2) is 10.3. The minimum Gasteiger partial charge on any atom is -0.234 e. The number of rotatable bonds is 11. The van der Waals surface area contributed by atoms with Gasteiger partial charge in [0.25, 0.3) is 5.82 Å². The van der Waals surface area contributed by atoms with Gasteiger partial charge in [-0.1, -0.05) is 70.6 Å². The molecule has 0 atom stereocenters. The average Bonchev–Trinajstić information content (AvgIpc) is 3.01. The number of unbranched alkanes of at least 4 members (excludes halogenated alkanes) is 7. The largest absolute Gasteiger partial charge is 0.261 e. The smallest absolute Gasteiger partial charge is 0.234 e. The Labute approximate surface area is 142 Å². The Morgan fingerprint density at radius 1 is 0.826 bits per heavy atom. The summed E-state index contributed by atoms with van der Waals surface area (Å²) in [6.45, 7) is 5.68. The van der Waals surface area contributed by atoms with Crippen molar-refractivity contribution in [3.63, 3.8) is 0 Å². The molecule has 0 radical (unpaired) electrons. The lowest BCUT2D eigenvalue weighted by Gasteiger charge is -2.04. The van der Waals surface area contributed by atoms with E-state index in [1.807, 2.05) is 0 Å². The number of imidazole rings is 1. The monoisotopic (exact) mass is 313 g/mol. The molecule has 0 unspecified atom stereocenters. The van der Waals surface area contributed by atoms with Crippen LogP contribution in [0.4, 0.5) is 0 Å². The van der Waals surface area contributed by atoms with Gasteiger partial charge in [0.1, 0.15) is 18.1 Å². The van der Waals surface area contributed by atoms with E-state index < -0.39 is 0 Å². The molecular weight excluding hydrogens is 280 g/mol. The van der Waals surface area contributed by atoms with Gasteiger partial charge < -0.3 is 0 Å². The topological polar surface area (TPSA) is 8.81 Å². The lowest BCUT2D eigenvalue weighted by molar-refractivity contribution is -0.703. The molecule has 0 saturated heterocycles. The molecule has 0 bridgehead atoms. The van der Waals surface area contributed by atoms with Gasteiger partial charge in [-0.05, 0) is 25.0 Å². The van der Waals surface area contributed by atoms with Crippen molar-refractivity contribution in [2.45, 2.75) is 78.2 Å². The molecule has 0 fully saturated rings. The Morgan fingerprint density at radius 3 is 2.13 bits per heavy atom. The molecule has 0 aliphatic carbocycles. The van der Waals surface area contributed by atoms with E-state index in [0.29, 0.717) is 0 Å².